The third-order valence-electron chi connectivity index (χ3n) is 19.5. The molecule has 2 aliphatic heterocycles. The molecule has 2 heterocycles. The number of methoxy groups -OCH3 is 2. The average molecular weight is 1450 g/mol. The van der Waals surface area contributed by atoms with Crippen LogP contribution in [0.3, 0.4) is 0 Å². The van der Waals surface area contributed by atoms with Crippen LogP contribution in [0.5, 0.6) is 0 Å². The van der Waals surface area contributed by atoms with Crippen molar-refractivity contribution in [3.8, 4) is 0 Å². The molecule has 0 aliphatic carbocycles. The number of carbonyl (C=O) groups is 11. The standard InChI is InChI=1S/C75H116N8O18S/c1-15-51(8)70(81(12)74(93)59(49(4)5)45-64(87)69(50(6)7)80(10)11)65(97-13)46-68(90)82-33-20-24-61(82)71(98-14)52(9)62(85)43-56(41-53-21-17-16-18-22-53)72(91)79-102(95,96)47-55-27-25-54(26-28-55)42-63(86)60(23-19-32-77-75(76)94)78-73(92)58(48(2)3)44-57(84)31-35-99-37-39-101-40-38-100-36-34-83-66(88)29-30-67(83)89/h16-18,21-22,25-30,48-52,56,58-61,65,69-71H,15,19-20,23-24,31-47H2,1-14H3,(H,78,92)(H,79,91)(H3,76,77,94)/t51-,52-,56+,58-,59-,60-,61?,65+,69-,70-,71+/m0/s1. The van der Waals surface area contributed by atoms with Gasteiger partial charge in [0.15, 0.2) is 11.6 Å². The van der Waals surface area contributed by atoms with Gasteiger partial charge in [-0.2, -0.15) is 0 Å². The summed E-state index contributed by atoms with van der Waals surface area (Å²) >= 11 is 0. The monoisotopic (exact) mass is 1450 g/mol. The maximum absolute atomic E-state index is 14.7. The molecule has 2 aromatic rings. The highest BCUT2D eigenvalue weighted by molar-refractivity contribution is 7.89. The molecule has 11 atom stereocenters. The lowest BCUT2D eigenvalue weighted by molar-refractivity contribution is -0.149. The van der Waals surface area contributed by atoms with Crippen molar-refractivity contribution in [2.45, 2.75) is 181 Å². The topological polar surface area (TPSA) is 343 Å². The van der Waals surface area contributed by atoms with Gasteiger partial charge < -0.3 is 49.9 Å². The van der Waals surface area contributed by atoms with Gasteiger partial charge in [-0.15, -0.1) is 0 Å². The van der Waals surface area contributed by atoms with Gasteiger partial charge in [-0.25, -0.2) is 13.2 Å². The molecule has 570 valence electrons. The number of likely N-dealkylation sites (tertiary alicyclic amines) is 1. The summed E-state index contributed by atoms with van der Waals surface area (Å²) in [6.07, 6.45) is 2.45. The highest BCUT2D eigenvalue weighted by Crippen LogP contribution is 2.33. The van der Waals surface area contributed by atoms with Crippen LogP contribution in [0, 0.1) is 47.3 Å². The van der Waals surface area contributed by atoms with Crippen LogP contribution in [-0.2, 0) is 100 Å². The maximum atomic E-state index is 14.7. The van der Waals surface area contributed by atoms with Crippen molar-refractivity contribution in [1.29, 1.82) is 0 Å². The number of Topliss-reactive ketones (excluding diaryl/α,β-unsaturated/α-hetero) is 4. The lowest BCUT2D eigenvalue weighted by atomic mass is 9.83. The summed E-state index contributed by atoms with van der Waals surface area (Å²) in [5, 5.41) is 5.32. The Bertz CT molecular complexity index is 3190. The zero-order chi connectivity index (χ0) is 76.0. The fraction of sp³-hybridized carbons (Fsp3) is 0.667. The first kappa shape index (κ1) is 87.3. The predicted octanol–water partition coefficient (Wildman–Crippen LogP) is 5.83. The minimum atomic E-state index is -4.40. The van der Waals surface area contributed by atoms with E-state index in [0.717, 1.165) is 4.90 Å². The molecule has 2 aliphatic rings. The van der Waals surface area contributed by atoms with Crippen molar-refractivity contribution < 1.29 is 84.8 Å². The van der Waals surface area contributed by atoms with Crippen molar-refractivity contribution in [3.05, 3.63) is 83.4 Å². The molecule has 8 amide bonds. The summed E-state index contributed by atoms with van der Waals surface area (Å²) in [4.78, 5) is 154. The number of carbonyl (C=O) groups excluding carboxylic acids is 11. The number of nitrogens with two attached hydrogens (primary N) is 1. The molecule has 0 radical (unpaired) electrons. The summed E-state index contributed by atoms with van der Waals surface area (Å²) in [5.74, 6) is -8.14. The second kappa shape index (κ2) is 43.8. The number of imide groups is 1. The van der Waals surface area contributed by atoms with E-state index in [2.05, 4.69) is 15.4 Å². The number of ether oxygens (including phenoxy) is 5. The molecular formula is C75H116N8O18S. The van der Waals surface area contributed by atoms with Crippen LogP contribution in [-0.4, -0.2) is 224 Å². The third-order valence-corrected chi connectivity index (χ3v) is 20.7. The Labute approximate surface area is 604 Å². The SMILES string of the molecule is CC[C@H](C)[C@@H]([C@@H](CC(=O)N1CCCC1[C@H](OC)[C@@H](C)C(=O)C[C@@H](Cc1ccccc1)C(=O)NS(=O)(=O)Cc1ccc(CC(=O)[C@H](CCCNC(N)=O)NC(=O)[C@@H](CC(=O)CCOCCOCCOCCN2C(=O)C=CC2=O)C(C)C)cc1)OC)N(C)C(=O)[C@@H](CC(=O)[C@H](C(C)C)N(C)C)C(C)C. The van der Waals surface area contributed by atoms with Crippen LogP contribution in [0.4, 0.5) is 4.79 Å². The van der Waals surface area contributed by atoms with Gasteiger partial charge in [0.2, 0.25) is 33.7 Å². The smallest absolute Gasteiger partial charge is 0.312 e. The molecule has 2 aromatic carbocycles. The molecular weight excluding hydrogens is 1330 g/mol. The lowest BCUT2D eigenvalue weighted by Crippen LogP contribution is -2.54. The van der Waals surface area contributed by atoms with Gasteiger partial charge in [-0.05, 0) is 86.6 Å². The van der Waals surface area contributed by atoms with Gasteiger partial charge in [0, 0.05) is 102 Å². The van der Waals surface area contributed by atoms with Crippen LogP contribution in [0.2, 0.25) is 0 Å². The number of ketones is 4. The average Bonchev–Trinajstić information content (AvgIpc) is 1.73. The molecule has 27 heteroatoms. The Balaban J connectivity index is 1.39. The lowest BCUT2D eigenvalue weighted by Gasteiger charge is -2.41. The highest BCUT2D eigenvalue weighted by Gasteiger charge is 2.44. The zero-order valence-electron chi connectivity index (χ0n) is 62.6. The number of sulfonamides is 1. The van der Waals surface area contributed by atoms with Crippen LogP contribution in [0.1, 0.15) is 143 Å². The summed E-state index contributed by atoms with van der Waals surface area (Å²) in [7, 11) is 4.04. The molecule has 0 aromatic heterocycles. The Morgan fingerprint density at radius 1 is 0.676 bits per heavy atom. The Morgan fingerprint density at radius 2 is 1.27 bits per heavy atom. The molecule has 1 unspecified atom stereocenters. The van der Waals surface area contributed by atoms with Crippen LogP contribution < -0.4 is 21.1 Å². The number of benzene rings is 2. The molecule has 1 saturated heterocycles. The first-order valence-corrected chi connectivity index (χ1v) is 37.5. The van der Waals surface area contributed by atoms with Gasteiger partial charge in [-0.3, -0.25) is 62.5 Å². The largest absolute Gasteiger partial charge is 0.379 e. The molecule has 4 rings (SSSR count). The van der Waals surface area contributed by atoms with Crippen LogP contribution >= 0.6 is 0 Å². The van der Waals surface area contributed by atoms with Crippen molar-refractivity contribution in [1.82, 2.24) is 35.0 Å². The number of likely N-dealkylation sites (N-methyl/N-ethyl adjacent to an activating group) is 2. The van der Waals surface area contributed by atoms with Crippen molar-refractivity contribution in [2.24, 2.45) is 53.1 Å². The number of urea groups is 1. The molecule has 102 heavy (non-hydrogen) atoms. The van der Waals surface area contributed by atoms with E-state index in [1.165, 1.54) is 38.5 Å². The van der Waals surface area contributed by atoms with Gasteiger partial charge in [0.1, 0.15) is 11.6 Å². The van der Waals surface area contributed by atoms with Crippen LogP contribution in [0.25, 0.3) is 0 Å². The number of hydrogen-bond acceptors (Lipinski definition) is 19. The number of nitrogens with one attached hydrogen (secondary N) is 3. The molecule has 0 bridgehead atoms. The van der Waals surface area contributed by atoms with E-state index in [9.17, 15) is 61.2 Å². The Hall–Kier alpha value is -7.14. The van der Waals surface area contributed by atoms with Crippen molar-refractivity contribution in [2.75, 3.05) is 94.6 Å². The Kier molecular flexibility index (Phi) is 37.5. The van der Waals surface area contributed by atoms with Crippen LogP contribution in [0.15, 0.2) is 66.7 Å². The minimum Gasteiger partial charge on any atom is -0.379 e. The fourth-order valence-electron chi connectivity index (χ4n) is 13.6. The van der Waals surface area contributed by atoms with E-state index in [1.807, 2.05) is 60.5 Å². The van der Waals surface area contributed by atoms with E-state index in [-0.39, 0.29) is 193 Å². The van der Waals surface area contributed by atoms with Gasteiger partial charge in [0.25, 0.3) is 11.8 Å². The van der Waals surface area contributed by atoms with Gasteiger partial charge in [0.05, 0.1) is 94.7 Å². The number of amides is 8. The number of hydrogen-bond donors (Lipinski definition) is 4. The maximum Gasteiger partial charge on any atom is 0.312 e. The van der Waals surface area contributed by atoms with Crippen molar-refractivity contribution in [3.63, 3.8) is 0 Å². The van der Waals surface area contributed by atoms with E-state index < -0.39 is 87.6 Å². The molecule has 0 spiro atoms. The van der Waals surface area contributed by atoms with E-state index in [4.69, 9.17) is 29.4 Å². The van der Waals surface area contributed by atoms with Gasteiger partial charge in [-0.1, -0.05) is 123 Å². The molecule has 5 N–H and O–H groups in total. The van der Waals surface area contributed by atoms with Crippen molar-refractivity contribution >= 4 is 74.6 Å². The number of primary amides is 1. The summed E-state index contributed by atoms with van der Waals surface area (Å²) in [6, 6.07) is 11.8. The number of rotatable bonds is 50. The molecule has 1 fully saturated rings. The van der Waals surface area contributed by atoms with Gasteiger partial charge >= 0.3 is 6.03 Å². The zero-order valence-corrected chi connectivity index (χ0v) is 63.4. The quantitative estimate of drug-likeness (QED) is 0.0447. The van der Waals surface area contributed by atoms with E-state index >= 15 is 0 Å². The fourth-order valence-corrected chi connectivity index (χ4v) is 14.8. The third kappa shape index (κ3) is 28.1. The van der Waals surface area contributed by atoms with E-state index in [0.29, 0.717) is 36.9 Å². The molecule has 26 nitrogen and oxygen atoms in total. The minimum absolute atomic E-state index is 0.00910. The predicted molar refractivity (Wildman–Crippen MR) is 385 cm³/mol. The second-order valence-corrected chi connectivity index (χ2v) is 30.1. The first-order valence-electron chi connectivity index (χ1n) is 35.9. The summed E-state index contributed by atoms with van der Waals surface area (Å²) in [5.41, 5.74) is 6.72. The highest BCUT2D eigenvalue weighted by atomic mass is 32.2. The summed E-state index contributed by atoms with van der Waals surface area (Å²) in [6.45, 7) is 18.9. The second-order valence-electron chi connectivity index (χ2n) is 28.3. The first-order chi connectivity index (χ1) is 48.2. The normalized spacial score (nSPS) is 17.1. The summed E-state index contributed by atoms with van der Waals surface area (Å²) < 4.78 is 58.7. The van der Waals surface area contributed by atoms with E-state index in [1.54, 1.807) is 80.1 Å². The number of nitrogens with zero attached hydrogens (tertiary/aromatic N) is 4. The Morgan fingerprint density at radius 3 is 1.83 bits per heavy atom. The molecule has 0 saturated carbocycles.